The third kappa shape index (κ3) is 4.49. The number of pyridine rings is 1. The average Bonchev–Trinajstić information content (AvgIpc) is 2.82. The van der Waals surface area contributed by atoms with Crippen molar-refractivity contribution in [1.82, 2.24) is 4.98 Å². The van der Waals surface area contributed by atoms with E-state index < -0.39 is 0 Å². The van der Waals surface area contributed by atoms with Gasteiger partial charge in [0.25, 0.3) is 0 Å². The van der Waals surface area contributed by atoms with Crippen molar-refractivity contribution in [2.45, 2.75) is 32.1 Å². The largest absolute Gasteiger partial charge is 0.493 e. The van der Waals surface area contributed by atoms with Crippen LogP contribution in [-0.2, 0) is 0 Å². The fourth-order valence-electron chi connectivity index (χ4n) is 3.97. The van der Waals surface area contributed by atoms with Gasteiger partial charge in [0.15, 0.2) is 0 Å². The zero-order chi connectivity index (χ0) is 21.8. The molecule has 0 spiro atoms. The topological polar surface area (TPSA) is 61.2 Å². The number of aromatic nitrogens is 1. The first-order valence-electron chi connectivity index (χ1n) is 10.7. The van der Waals surface area contributed by atoms with Gasteiger partial charge in [-0.2, -0.15) is 5.26 Å². The SMILES string of the molecule is CC(C)c1ccc(N(C)c2ccc3c(c2)OCC[C@H]3CNc2cnccc2C#N)cc1. The minimum atomic E-state index is 0.320. The number of nitrogens with one attached hydrogen (secondary N) is 1. The Balaban J connectivity index is 1.51. The highest BCUT2D eigenvalue weighted by molar-refractivity contribution is 5.66. The Labute approximate surface area is 184 Å². The summed E-state index contributed by atoms with van der Waals surface area (Å²) in [5, 5.41) is 12.7. The van der Waals surface area contributed by atoms with Crippen LogP contribution >= 0.6 is 0 Å². The van der Waals surface area contributed by atoms with Gasteiger partial charge in [0, 0.05) is 43.1 Å². The molecule has 0 fully saturated rings. The minimum absolute atomic E-state index is 0.320. The fourth-order valence-corrected chi connectivity index (χ4v) is 3.97. The van der Waals surface area contributed by atoms with E-state index in [4.69, 9.17) is 4.74 Å². The molecule has 1 aliphatic heterocycles. The van der Waals surface area contributed by atoms with Crippen LogP contribution < -0.4 is 15.0 Å². The van der Waals surface area contributed by atoms with Crippen molar-refractivity contribution in [2.75, 3.05) is 30.4 Å². The van der Waals surface area contributed by atoms with Crippen molar-refractivity contribution in [1.29, 1.82) is 5.26 Å². The van der Waals surface area contributed by atoms with E-state index >= 15 is 0 Å². The van der Waals surface area contributed by atoms with E-state index in [9.17, 15) is 5.26 Å². The first-order valence-corrected chi connectivity index (χ1v) is 10.7. The molecular weight excluding hydrogens is 384 g/mol. The summed E-state index contributed by atoms with van der Waals surface area (Å²) < 4.78 is 6.01. The highest BCUT2D eigenvalue weighted by Crippen LogP contribution is 2.38. The van der Waals surface area contributed by atoms with Crippen LogP contribution in [0.5, 0.6) is 5.75 Å². The Bertz CT molecular complexity index is 1090. The standard InChI is InChI=1S/C26H28N4O/c1-18(2)19-4-6-22(7-5-19)30(3)23-8-9-24-21(11-13-31-26(24)14-23)16-29-25-17-28-12-10-20(25)15-27/h4-10,12,14,17-18,21,29H,11,13,16H2,1-3H3/t21-/m0/s1. The second kappa shape index (κ2) is 9.09. The summed E-state index contributed by atoms with van der Waals surface area (Å²) in [6.07, 6.45) is 4.29. The molecule has 0 saturated heterocycles. The van der Waals surface area contributed by atoms with Crippen molar-refractivity contribution in [2.24, 2.45) is 0 Å². The smallest absolute Gasteiger partial charge is 0.124 e. The van der Waals surface area contributed by atoms with E-state index in [1.165, 1.54) is 11.1 Å². The quantitative estimate of drug-likeness (QED) is 0.552. The number of anilines is 3. The second-order valence-electron chi connectivity index (χ2n) is 8.28. The average molecular weight is 413 g/mol. The van der Waals surface area contributed by atoms with Crippen LogP contribution in [0.3, 0.4) is 0 Å². The molecule has 0 bridgehead atoms. The molecule has 1 atom stereocenters. The van der Waals surface area contributed by atoms with Gasteiger partial charge in [0.1, 0.15) is 11.8 Å². The fraction of sp³-hybridized carbons (Fsp3) is 0.308. The number of rotatable bonds is 6. The molecule has 5 nitrogen and oxygen atoms in total. The summed E-state index contributed by atoms with van der Waals surface area (Å²) in [4.78, 5) is 6.32. The van der Waals surface area contributed by atoms with Crippen LogP contribution in [0.4, 0.5) is 17.1 Å². The van der Waals surface area contributed by atoms with Gasteiger partial charge in [-0.15, -0.1) is 0 Å². The van der Waals surface area contributed by atoms with Crippen LogP contribution in [0.15, 0.2) is 60.9 Å². The highest BCUT2D eigenvalue weighted by Gasteiger charge is 2.22. The molecular formula is C26H28N4O. The molecule has 0 unspecified atom stereocenters. The van der Waals surface area contributed by atoms with Gasteiger partial charge in [-0.3, -0.25) is 4.98 Å². The first kappa shape index (κ1) is 20.7. The van der Waals surface area contributed by atoms with Crippen LogP contribution in [0.25, 0.3) is 0 Å². The van der Waals surface area contributed by atoms with Crippen molar-refractivity contribution < 1.29 is 4.74 Å². The maximum atomic E-state index is 9.29. The molecule has 3 aromatic rings. The zero-order valence-corrected chi connectivity index (χ0v) is 18.3. The van der Waals surface area contributed by atoms with Crippen molar-refractivity contribution in [3.05, 3.63) is 77.6 Å². The molecule has 0 amide bonds. The lowest BCUT2D eigenvalue weighted by atomic mass is 9.92. The monoisotopic (exact) mass is 412 g/mol. The van der Waals surface area contributed by atoms with E-state index in [0.29, 0.717) is 24.0 Å². The Morgan fingerprint density at radius 3 is 2.68 bits per heavy atom. The van der Waals surface area contributed by atoms with Gasteiger partial charge in [-0.25, -0.2) is 0 Å². The Morgan fingerprint density at radius 1 is 1.16 bits per heavy atom. The molecule has 1 N–H and O–H groups in total. The van der Waals surface area contributed by atoms with E-state index in [0.717, 1.165) is 35.8 Å². The van der Waals surface area contributed by atoms with E-state index in [-0.39, 0.29) is 0 Å². The number of benzene rings is 2. The second-order valence-corrected chi connectivity index (χ2v) is 8.28. The molecule has 2 heterocycles. The number of nitrogens with zero attached hydrogens (tertiary/aromatic N) is 3. The molecule has 1 aromatic heterocycles. The molecule has 1 aliphatic rings. The van der Waals surface area contributed by atoms with Crippen molar-refractivity contribution >= 4 is 17.1 Å². The maximum absolute atomic E-state index is 9.29. The van der Waals surface area contributed by atoms with Crippen LogP contribution in [-0.4, -0.2) is 25.2 Å². The van der Waals surface area contributed by atoms with E-state index in [1.807, 2.05) is 0 Å². The van der Waals surface area contributed by atoms with Crippen molar-refractivity contribution in [3.63, 3.8) is 0 Å². The number of fused-ring (bicyclic) bond motifs is 1. The van der Waals surface area contributed by atoms with Gasteiger partial charge in [0.2, 0.25) is 0 Å². The van der Waals surface area contributed by atoms with Gasteiger partial charge < -0.3 is 15.0 Å². The van der Waals surface area contributed by atoms with Crippen LogP contribution in [0.1, 0.15) is 48.8 Å². The third-order valence-corrected chi connectivity index (χ3v) is 5.98. The zero-order valence-electron chi connectivity index (χ0n) is 18.3. The molecule has 4 rings (SSSR count). The number of hydrogen-bond acceptors (Lipinski definition) is 5. The lowest BCUT2D eigenvalue weighted by molar-refractivity contribution is 0.270. The summed E-state index contributed by atoms with van der Waals surface area (Å²) in [6, 6.07) is 19.1. The summed E-state index contributed by atoms with van der Waals surface area (Å²) in [6.45, 7) is 5.84. The number of nitriles is 1. The van der Waals surface area contributed by atoms with Crippen molar-refractivity contribution in [3.8, 4) is 11.8 Å². The molecule has 2 aromatic carbocycles. The molecule has 0 aliphatic carbocycles. The number of hydrogen-bond donors (Lipinski definition) is 1. The Kier molecular flexibility index (Phi) is 6.08. The molecule has 158 valence electrons. The van der Waals surface area contributed by atoms with Gasteiger partial charge >= 0.3 is 0 Å². The molecule has 0 radical (unpaired) electrons. The van der Waals surface area contributed by atoms with E-state index in [1.54, 1.807) is 18.5 Å². The summed E-state index contributed by atoms with van der Waals surface area (Å²) >= 11 is 0. The maximum Gasteiger partial charge on any atom is 0.124 e. The van der Waals surface area contributed by atoms with Gasteiger partial charge in [-0.1, -0.05) is 32.0 Å². The summed E-state index contributed by atoms with van der Waals surface area (Å²) in [5.41, 5.74) is 6.19. The van der Waals surface area contributed by atoms with Gasteiger partial charge in [0.05, 0.1) is 24.1 Å². The summed E-state index contributed by atoms with van der Waals surface area (Å²) in [5.74, 6) is 1.78. The minimum Gasteiger partial charge on any atom is -0.493 e. The first-order chi connectivity index (χ1) is 15.1. The lowest BCUT2D eigenvalue weighted by Gasteiger charge is -2.28. The van der Waals surface area contributed by atoms with Gasteiger partial charge in [-0.05, 0) is 47.7 Å². The van der Waals surface area contributed by atoms with Crippen LogP contribution in [0, 0.1) is 11.3 Å². The Morgan fingerprint density at radius 2 is 1.94 bits per heavy atom. The number of ether oxygens (including phenoxy) is 1. The molecule has 0 saturated carbocycles. The van der Waals surface area contributed by atoms with E-state index in [2.05, 4.69) is 84.6 Å². The molecule has 31 heavy (non-hydrogen) atoms. The van der Waals surface area contributed by atoms with Crippen LogP contribution in [0.2, 0.25) is 0 Å². The lowest BCUT2D eigenvalue weighted by Crippen LogP contribution is -2.21. The molecule has 5 heteroatoms. The summed E-state index contributed by atoms with van der Waals surface area (Å²) in [7, 11) is 2.08. The Hall–Kier alpha value is -3.52. The predicted molar refractivity (Wildman–Crippen MR) is 125 cm³/mol. The third-order valence-electron chi connectivity index (χ3n) is 5.98. The predicted octanol–water partition coefficient (Wildman–Crippen LogP) is 5.82. The highest BCUT2D eigenvalue weighted by atomic mass is 16.5. The normalized spacial score (nSPS) is 15.0.